The van der Waals surface area contributed by atoms with Gasteiger partial charge in [-0.3, -0.25) is 0 Å². The molecule has 3 aromatic carbocycles. The van der Waals surface area contributed by atoms with Crippen LogP contribution >= 0.6 is 0 Å². The van der Waals surface area contributed by atoms with Gasteiger partial charge in [0.1, 0.15) is 11.5 Å². The molecule has 0 bridgehead atoms. The lowest BCUT2D eigenvalue weighted by Gasteiger charge is -2.38. The Balaban J connectivity index is 1.60. The van der Waals surface area contributed by atoms with E-state index in [1.165, 1.54) is 0 Å². The fraction of sp³-hybridized carbons (Fsp3) is 0.240. The van der Waals surface area contributed by atoms with E-state index in [0.717, 1.165) is 40.3 Å². The van der Waals surface area contributed by atoms with Crippen molar-refractivity contribution in [1.82, 2.24) is 5.01 Å². The maximum absolute atomic E-state index is 6.46. The van der Waals surface area contributed by atoms with Crippen LogP contribution in [0.5, 0.6) is 23.0 Å². The summed E-state index contributed by atoms with van der Waals surface area (Å²) in [4.78, 5) is 0. The first-order chi connectivity index (χ1) is 15.2. The second kappa shape index (κ2) is 7.87. The number of methoxy groups -OCH3 is 3. The Hall–Kier alpha value is -3.67. The molecule has 0 N–H and O–H groups in total. The predicted octanol–water partition coefficient (Wildman–Crippen LogP) is 4.95. The molecule has 31 heavy (non-hydrogen) atoms. The first-order valence-electron chi connectivity index (χ1n) is 10.2. The van der Waals surface area contributed by atoms with Crippen LogP contribution in [0.25, 0.3) is 0 Å². The summed E-state index contributed by atoms with van der Waals surface area (Å²) in [6, 6.07) is 22.1. The van der Waals surface area contributed by atoms with Crippen molar-refractivity contribution in [2.75, 3.05) is 21.3 Å². The van der Waals surface area contributed by atoms with E-state index in [-0.39, 0.29) is 6.04 Å². The van der Waals surface area contributed by atoms with Crippen LogP contribution in [-0.4, -0.2) is 32.0 Å². The number of hydrogen-bond donors (Lipinski definition) is 0. The van der Waals surface area contributed by atoms with Crippen LogP contribution < -0.4 is 18.9 Å². The first-order valence-corrected chi connectivity index (χ1v) is 10.2. The number of fused-ring (bicyclic) bond motifs is 3. The Bertz CT molecular complexity index is 1130. The number of para-hydroxylation sites is 2. The summed E-state index contributed by atoms with van der Waals surface area (Å²) in [5.74, 6) is 3.01. The van der Waals surface area contributed by atoms with Crippen LogP contribution in [0, 0.1) is 0 Å². The summed E-state index contributed by atoms with van der Waals surface area (Å²) in [5.41, 5.74) is 4.10. The molecule has 0 unspecified atom stereocenters. The minimum absolute atomic E-state index is 0.0722. The Kier molecular flexibility index (Phi) is 4.90. The third-order valence-electron chi connectivity index (χ3n) is 5.82. The van der Waals surface area contributed by atoms with Crippen molar-refractivity contribution in [3.63, 3.8) is 0 Å². The van der Waals surface area contributed by atoms with Crippen molar-refractivity contribution in [3.8, 4) is 23.0 Å². The minimum atomic E-state index is -0.430. The number of nitrogens with zero attached hydrogens (tertiary/aromatic N) is 2. The van der Waals surface area contributed by atoms with E-state index >= 15 is 0 Å². The van der Waals surface area contributed by atoms with Crippen LogP contribution in [-0.2, 0) is 0 Å². The highest BCUT2D eigenvalue weighted by Gasteiger charge is 2.42. The summed E-state index contributed by atoms with van der Waals surface area (Å²) < 4.78 is 23.0. The minimum Gasteiger partial charge on any atom is -0.497 e. The highest BCUT2D eigenvalue weighted by atomic mass is 16.5. The number of hydrogen-bond acceptors (Lipinski definition) is 6. The second-order valence-electron chi connectivity index (χ2n) is 7.47. The van der Waals surface area contributed by atoms with Crippen LogP contribution in [0.15, 0.2) is 71.8 Å². The molecular formula is C25H24N2O4. The summed E-state index contributed by atoms with van der Waals surface area (Å²) in [6.07, 6.45) is 0.357. The number of hydrazone groups is 1. The highest BCUT2D eigenvalue weighted by molar-refractivity contribution is 6.02. The zero-order chi connectivity index (χ0) is 21.4. The lowest BCUT2D eigenvalue weighted by Crippen LogP contribution is -2.34. The van der Waals surface area contributed by atoms with Gasteiger partial charge in [-0.05, 0) is 48.0 Å². The van der Waals surface area contributed by atoms with Crippen molar-refractivity contribution in [1.29, 1.82) is 0 Å². The van der Waals surface area contributed by atoms with Crippen molar-refractivity contribution in [2.45, 2.75) is 18.7 Å². The Morgan fingerprint density at radius 3 is 2.35 bits per heavy atom. The summed E-state index contributed by atoms with van der Waals surface area (Å²) >= 11 is 0. The molecular weight excluding hydrogens is 392 g/mol. The highest BCUT2D eigenvalue weighted by Crippen LogP contribution is 2.49. The lowest BCUT2D eigenvalue weighted by molar-refractivity contribution is -0.0205. The standard InChI is InChI=1S/C25H24N2O4/c1-28-17-13-11-16(12-14-17)20-15-21-18-7-4-5-9-22(18)31-25(27(21)26-20)19-8-6-10-23(29-2)24(19)30-3/h4-14,21,25H,15H2,1-3H3/t21-,25-/m0/s1. The van der Waals surface area contributed by atoms with E-state index in [1.54, 1.807) is 21.3 Å². The number of benzene rings is 3. The van der Waals surface area contributed by atoms with Crippen molar-refractivity contribution in [2.24, 2.45) is 5.10 Å². The maximum Gasteiger partial charge on any atom is 0.217 e. The summed E-state index contributed by atoms with van der Waals surface area (Å²) in [7, 11) is 4.95. The molecule has 2 aliphatic rings. The average Bonchev–Trinajstić information content (AvgIpc) is 3.29. The Morgan fingerprint density at radius 2 is 1.61 bits per heavy atom. The predicted molar refractivity (Wildman–Crippen MR) is 118 cm³/mol. The van der Waals surface area contributed by atoms with Gasteiger partial charge in [0.15, 0.2) is 11.5 Å². The summed E-state index contributed by atoms with van der Waals surface area (Å²) in [6.45, 7) is 0. The normalized spacial score (nSPS) is 19.1. The van der Waals surface area contributed by atoms with E-state index in [9.17, 15) is 0 Å². The van der Waals surface area contributed by atoms with Gasteiger partial charge in [-0.2, -0.15) is 5.10 Å². The summed E-state index contributed by atoms with van der Waals surface area (Å²) in [5, 5.41) is 7.05. The van der Waals surface area contributed by atoms with Crippen LogP contribution in [0.2, 0.25) is 0 Å². The van der Waals surface area contributed by atoms with E-state index in [1.807, 2.05) is 65.7 Å². The Labute approximate surface area is 181 Å². The quantitative estimate of drug-likeness (QED) is 0.589. The van der Waals surface area contributed by atoms with Gasteiger partial charge in [0, 0.05) is 12.0 Å². The smallest absolute Gasteiger partial charge is 0.217 e. The van der Waals surface area contributed by atoms with E-state index in [4.69, 9.17) is 24.0 Å². The van der Waals surface area contributed by atoms with Gasteiger partial charge in [0.2, 0.25) is 6.23 Å². The topological polar surface area (TPSA) is 52.5 Å². The van der Waals surface area contributed by atoms with Crippen LogP contribution in [0.4, 0.5) is 0 Å². The molecule has 2 heterocycles. The second-order valence-corrected chi connectivity index (χ2v) is 7.47. The molecule has 0 radical (unpaired) electrons. The van der Waals surface area contributed by atoms with Gasteiger partial charge >= 0.3 is 0 Å². The molecule has 5 rings (SSSR count). The van der Waals surface area contributed by atoms with E-state index in [0.29, 0.717) is 11.5 Å². The van der Waals surface area contributed by atoms with Gasteiger partial charge < -0.3 is 18.9 Å². The number of rotatable bonds is 5. The van der Waals surface area contributed by atoms with Gasteiger partial charge in [0.05, 0.1) is 38.6 Å². The van der Waals surface area contributed by atoms with Crippen molar-refractivity contribution < 1.29 is 18.9 Å². The van der Waals surface area contributed by atoms with Crippen LogP contribution in [0.3, 0.4) is 0 Å². The average molecular weight is 416 g/mol. The van der Waals surface area contributed by atoms with Crippen molar-refractivity contribution >= 4 is 5.71 Å². The monoisotopic (exact) mass is 416 g/mol. The molecule has 2 atom stereocenters. The molecule has 0 aromatic heterocycles. The van der Waals surface area contributed by atoms with E-state index < -0.39 is 6.23 Å². The van der Waals surface area contributed by atoms with E-state index in [2.05, 4.69) is 6.07 Å². The molecule has 6 nitrogen and oxygen atoms in total. The lowest BCUT2D eigenvalue weighted by atomic mass is 9.95. The van der Waals surface area contributed by atoms with Gasteiger partial charge in [-0.15, -0.1) is 0 Å². The fourth-order valence-electron chi connectivity index (χ4n) is 4.30. The molecule has 2 aliphatic heterocycles. The molecule has 0 spiro atoms. The molecule has 3 aromatic rings. The van der Waals surface area contributed by atoms with Gasteiger partial charge in [0.25, 0.3) is 0 Å². The maximum atomic E-state index is 6.46. The van der Waals surface area contributed by atoms with Gasteiger partial charge in [-0.25, -0.2) is 5.01 Å². The third kappa shape index (κ3) is 3.24. The molecule has 0 saturated carbocycles. The molecule has 0 fully saturated rings. The SMILES string of the molecule is COc1ccc(C2=NN3[C@@H](C2)c2ccccc2O[C@H]3c2cccc(OC)c2OC)cc1. The van der Waals surface area contributed by atoms with Crippen molar-refractivity contribution in [3.05, 3.63) is 83.4 Å². The zero-order valence-electron chi connectivity index (χ0n) is 17.7. The molecule has 158 valence electrons. The third-order valence-corrected chi connectivity index (χ3v) is 5.82. The zero-order valence-corrected chi connectivity index (χ0v) is 17.7. The Morgan fingerprint density at radius 1 is 0.839 bits per heavy atom. The van der Waals surface area contributed by atoms with Gasteiger partial charge in [-0.1, -0.05) is 24.3 Å². The first kappa shape index (κ1) is 19.3. The fourth-order valence-corrected chi connectivity index (χ4v) is 4.30. The largest absolute Gasteiger partial charge is 0.497 e. The number of ether oxygens (including phenoxy) is 4. The molecule has 0 saturated heterocycles. The molecule has 0 amide bonds. The molecule has 0 aliphatic carbocycles. The molecule has 6 heteroatoms. The van der Waals surface area contributed by atoms with Crippen LogP contribution in [0.1, 0.15) is 35.4 Å².